The van der Waals surface area contributed by atoms with Crippen LogP contribution in [-0.4, -0.2) is 30.8 Å². The Morgan fingerprint density at radius 1 is 0.960 bits per heavy atom. The number of hydrogen-bond acceptors (Lipinski definition) is 2. The van der Waals surface area contributed by atoms with E-state index in [2.05, 4.69) is 57.1 Å². The molecule has 2 heteroatoms. The molecule has 0 N–H and O–H groups in total. The molecular weight excluding hydrogens is 306 g/mol. The summed E-state index contributed by atoms with van der Waals surface area (Å²) in [6.07, 6.45) is 3.39. The summed E-state index contributed by atoms with van der Waals surface area (Å²) in [5, 5.41) is 0. The van der Waals surface area contributed by atoms with Crippen LogP contribution in [0.15, 0.2) is 60.7 Å². The van der Waals surface area contributed by atoms with Crippen molar-refractivity contribution >= 4 is 5.78 Å². The minimum absolute atomic E-state index is 0.297. The highest BCUT2D eigenvalue weighted by Gasteiger charge is 2.42. The normalized spacial score (nSPS) is 13.0. The van der Waals surface area contributed by atoms with Crippen LogP contribution < -0.4 is 0 Å². The second-order valence-corrected chi connectivity index (χ2v) is 7.18. The summed E-state index contributed by atoms with van der Waals surface area (Å²) in [6, 6.07) is 20.9. The van der Waals surface area contributed by atoms with E-state index in [9.17, 15) is 4.79 Å². The van der Waals surface area contributed by atoms with Crippen molar-refractivity contribution < 1.29 is 4.79 Å². The van der Waals surface area contributed by atoms with E-state index in [1.807, 2.05) is 36.4 Å². The lowest BCUT2D eigenvalue weighted by Gasteiger charge is -2.38. The van der Waals surface area contributed by atoms with Crippen LogP contribution in [0.4, 0.5) is 0 Å². The number of Topliss-reactive ketones (excluding diaryl/α,β-unsaturated/α-hetero) is 1. The first-order valence-corrected chi connectivity index (χ1v) is 9.33. The van der Waals surface area contributed by atoms with Gasteiger partial charge in [-0.15, -0.1) is 0 Å². The van der Waals surface area contributed by atoms with Gasteiger partial charge in [-0.2, -0.15) is 0 Å². The summed E-state index contributed by atoms with van der Waals surface area (Å²) in [5.41, 5.74) is 1.63. The van der Waals surface area contributed by atoms with Gasteiger partial charge in [-0.25, -0.2) is 0 Å². The zero-order valence-electron chi connectivity index (χ0n) is 16.0. The monoisotopic (exact) mass is 337 g/mol. The lowest BCUT2D eigenvalue weighted by atomic mass is 9.66. The van der Waals surface area contributed by atoms with E-state index in [1.54, 1.807) is 0 Å². The van der Waals surface area contributed by atoms with Crippen molar-refractivity contribution in [1.82, 2.24) is 4.90 Å². The maximum Gasteiger partial charge on any atom is 0.147 e. The van der Waals surface area contributed by atoms with Gasteiger partial charge < -0.3 is 4.90 Å². The Balaban J connectivity index is 2.62. The fourth-order valence-corrected chi connectivity index (χ4v) is 3.46. The van der Waals surface area contributed by atoms with Gasteiger partial charge in [0.25, 0.3) is 0 Å². The predicted molar refractivity (Wildman–Crippen MR) is 106 cm³/mol. The zero-order valence-corrected chi connectivity index (χ0v) is 16.0. The number of hydrogen-bond donors (Lipinski definition) is 0. The Kier molecular flexibility index (Phi) is 6.95. The van der Waals surface area contributed by atoms with Crippen LogP contribution in [-0.2, 0) is 10.2 Å². The number of benzene rings is 2. The fraction of sp³-hybridized carbons (Fsp3) is 0.435. The van der Waals surface area contributed by atoms with Crippen molar-refractivity contribution in [2.75, 3.05) is 14.1 Å². The average molecular weight is 338 g/mol. The van der Waals surface area contributed by atoms with Crippen molar-refractivity contribution in [2.24, 2.45) is 0 Å². The second-order valence-electron chi connectivity index (χ2n) is 7.18. The molecule has 0 fully saturated rings. The SMILES string of the molecule is CCCCC(=O)C(CC(C)N(C)C)(c1ccccc1)c1ccccc1. The maximum atomic E-state index is 13.6. The molecule has 1 atom stereocenters. The zero-order chi connectivity index (χ0) is 18.3. The summed E-state index contributed by atoms with van der Waals surface area (Å²) in [7, 11) is 4.17. The summed E-state index contributed by atoms with van der Waals surface area (Å²) < 4.78 is 0. The minimum Gasteiger partial charge on any atom is -0.307 e. The molecule has 0 aliphatic carbocycles. The van der Waals surface area contributed by atoms with Crippen molar-refractivity contribution in [1.29, 1.82) is 0 Å². The van der Waals surface area contributed by atoms with E-state index in [-0.39, 0.29) is 0 Å². The molecular formula is C23H31NO. The molecule has 2 aromatic carbocycles. The highest BCUT2D eigenvalue weighted by atomic mass is 16.1. The summed E-state index contributed by atoms with van der Waals surface area (Å²) >= 11 is 0. The molecule has 2 rings (SSSR count). The standard InChI is InChI=1S/C23H31NO/c1-5-6-17-22(25)23(18-19(2)24(3)4,20-13-9-7-10-14-20)21-15-11-8-12-16-21/h7-16,19H,5-6,17-18H2,1-4H3. The molecule has 0 radical (unpaired) electrons. The van der Waals surface area contributed by atoms with Crippen LogP contribution in [0.25, 0.3) is 0 Å². The molecule has 0 amide bonds. The number of carbonyl (C=O) groups excluding carboxylic acids is 1. The van der Waals surface area contributed by atoms with Gasteiger partial charge in [-0.1, -0.05) is 74.0 Å². The maximum absolute atomic E-state index is 13.6. The number of rotatable bonds is 9. The van der Waals surface area contributed by atoms with Crippen LogP contribution in [0, 0.1) is 0 Å². The largest absolute Gasteiger partial charge is 0.307 e. The van der Waals surface area contributed by atoms with Gasteiger partial charge in [0.05, 0.1) is 5.41 Å². The van der Waals surface area contributed by atoms with Crippen LogP contribution in [0.1, 0.15) is 50.7 Å². The van der Waals surface area contributed by atoms with Crippen LogP contribution >= 0.6 is 0 Å². The van der Waals surface area contributed by atoms with Crippen molar-refractivity contribution in [3.63, 3.8) is 0 Å². The van der Waals surface area contributed by atoms with Crippen molar-refractivity contribution in [2.45, 2.75) is 51.0 Å². The summed E-state index contributed by atoms with van der Waals surface area (Å²) in [4.78, 5) is 15.8. The van der Waals surface area contributed by atoms with Gasteiger partial charge >= 0.3 is 0 Å². The minimum atomic E-state index is -0.582. The lowest BCUT2D eigenvalue weighted by molar-refractivity contribution is -0.124. The molecule has 0 bridgehead atoms. The summed E-state index contributed by atoms with van der Waals surface area (Å²) in [6.45, 7) is 4.34. The van der Waals surface area contributed by atoms with Gasteiger partial charge in [0.2, 0.25) is 0 Å². The quantitative estimate of drug-likeness (QED) is 0.636. The van der Waals surface area contributed by atoms with Gasteiger partial charge in [0.15, 0.2) is 0 Å². The van der Waals surface area contributed by atoms with E-state index in [0.717, 1.165) is 30.4 Å². The molecule has 0 heterocycles. The lowest BCUT2D eigenvalue weighted by Crippen LogP contribution is -2.43. The van der Waals surface area contributed by atoms with Crippen LogP contribution in [0.2, 0.25) is 0 Å². The predicted octanol–water partition coefficient (Wildman–Crippen LogP) is 5.07. The number of ketones is 1. The molecule has 0 aromatic heterocycles. The summed E-state index contributed by atoms with van der Waals surface area (Å²) in [5.74, 6) is 0.334. The van der Waals surface area contributed by atoms with Crippen molar-refractivity contribution in [3.05, 3.63) is 71.8 Å². The number of unbranched alkanes of at least 4 members (excludes halogenated alkanes) is 1. The molecule has 0 aliphatic rings. The van der Waals surface area contributed by atoms with E-state index >= 15 is 0 Å². The third kappa shape index (κ3) is 4.38. The first-order chi connectivity index (χ1) is 12.0. The molecule has 134 valence electrons. The molecule has 0 saturated carbocycles. The molecule has 2 nitrogen and oxygen atoms in total. The Morgan fingerprint density at radius 3 is 1.84 bits per heavy atom. The molecule has 0 saturated heterocycles. The fourth-order valence-electron chi connectivity index (χ4n) is 3.46. The van der Waals surface area contributed by atoms with E-state index in [0.29, 0.717) is 18.2 Å². The van der Waals surface area contributed by atoms with Gasteiger partial charge in [-0.3, -0.25) is 4.79 Å². The first-order valence-electron chi connectivity index (χ1n) is 9.33. The Morgan fingerprint density at radius 2 is 1.44 bits per heavy atom. The Hall–Kier alpha value is -1.93. The number of nitrogens with zero attached hydrogens (tertiary/aromatic N) is 1. The molecule has 0 spiro atoms. The third-order valence-corrected chi connectivity index (χ3v) is 5.25. The third-order valence-electron chi connectivity index (χ3n) is 5.25. The number of carbonyl (C=O) groups is 1. The van der Waals surface area contributed by atoms with Gasteiger partial charge in [-0.05, 0) is 45.0 Å². The highest BCUT2D eigenvalue weighted by molar-refractivity contribution is 5.94. The molecule has 2 aromatic rings. The topological polar surface area (TPSA) is 20.3 Å². The second kappa shape index (κ2) is 8.96. The van der Waals surface area contributed by atoms with Gasteiger partial charge in [0.1, 0.15) is 5.78 Å². The van der Waals surface area contributed by atoms with E-state index in [4.69, 9.17) is 0 Å². The first kappa shape index (κ1) is 19.4. The molecule has 1 unspecified atom stereocenters. The van der Waals surface area contributed by atoms with Crippen LogP contribution in [0.5, 0.6) is 0 Å². The Labute approximate surface area is 152 Å². The Bertz CT molecular complexity index is 609. The highest BCUT2D eigenvalue weighted by Crippen LogP contribution is 2.39. The van der Waals surface area contributed by atoms with E-state index in [1.165, 1.54) is 0 Å². The molecule has 0 aliphatic heterocycles. The smallest absolute Gasteiger partial charge is 0.147 e. The van der Waals surface area contributed by atoms with Crippen molar-refractivity contribution in [3.8, 4) is 0 Å². The average Bonchev–Trinajstić information content (AvgIpc) is 2.65. The molecule has 25 heavy (non-hydrogen) atoms. The van der Waals surface area contributed by atoms with Crippen LogP contribution in [0.3, 0.4) is 0 Å². The van der Waals surface area contributed by atoms with Gasteiger partial charge in [0, 0.05) is 12.5 Å². The van der Waals surface area contributed by atoms with E-state index < -0.39 is 5.41 Å².